The lowest BCUT2D eigenvalue weighted by Gasteiger charge is -2.33. The largest absolute Gasteiger partial charge is 0.494 e. The van der Waals surface area contributed by atoms with Crippen molar-refractivity contribution in [3.63, 3.8) is 0 Å². The first-order chi connectivity index (χ1) is 26.2. The van der Waals surface area contributed by atoms with Crippen LogP contribution in [0.4, 0.5) is 25.8 Å². The first-order valence-corrected chi connectivity index (χ1v) is 17.7. The van der Waals surface area contributed by atoms with Crippen LogP contribution < -0.4 is 26.0 Å². The van der Waals surface area contributed by atoms with Crippen LogP contribution in [0.25, 0.3) is 0 Å². The molecule has 2 aromatic rings. The van der Waals surface area contributed by atoms with Crippen molar-refractivity contribution in [3.8, 4) is 5.75 Å². The number of carboxylic acid groups (broad SMARTS) is 2. The minimum atomic E-state index is -1.40. The fraction of sp³-hybridized carbons (Fsp3) is 0.459. The summed E-state index contributed by atoms with van der Waals surface area (Å²) in [4.78, 5) is 93.0. The molecule has 0 bridgehead atoms. The number of benzene rings is 2. The number of anilines is 1. The standard InChI is InChI=1S/C37H49N7O12/c1-36(2,3)55-29(46)21-27(31(48)40-24-12-14-26(15-13-24)54-19-8-16-38-33(49)56-37(4,5)6)42-28(45)22-39-30(47)23-10-7-11-25(20-23)41-32-43(34(50)51)17-9-18-44(32)35(52)53/h7,10-15,20,27H,8-9,16-19,21-22H2,1-6H3,(H,38,49)(H,39,47)(H,40,48)(H,42,45)(H,50,51)(H,52,53)/t27-/m0/s1. The van der Waals surface area contributed by atoms with Crippen molar-refractivity contribution in [2.75, 3.05) is 38.1 Å². The molecule has 0 aromatic heterocycles. The van der Waals surface area contributed by atoms with Crippen LogP contribution in [-0.2, 0) is 23.9 Å². The van der Waals surface area contributed by atoms with Crippen LogP contribution in [0.5, 0.6) is 5.75 Å². The molecule has 6 N–H and O–H groups in total. The van der Waals surface area contributed by atoms with E-state index in [1.807, 2.05) is 0 Å². The second-order valence-corrected chi connectivity index (χ2v) is 14.4. The van der Waals surface area contributed by atoms with E-state index in [-0.39, 0.29) is 36.7 Å². The smallest absolute Gasteiger partial charge is 0.414 e. The van der Waals surface area contributed by atoms with Gasteiger partial charge in [0.05, 0.1) is 25.3 Å². The number of amides is 6. The monoisotopic (exact) mass is 783 g/mol. The molecule has 0 spiro atoms. The maximum Gasteiger partial charge on any atom is 0.414 e. The van der Waals surface area contributed by atoms with Gasteiger partial charge < -0.3 is 45.7 Å². The zero-order valence-electron chi connectivity index (χ0n) is 32.2. The fourth-order valence-electron chi connectivity index (χ4n) is 4.95. The van der Waals surface area contributed by atoms with Crippen LogP contribution in [0.15, 0.2) is 53.5 Å². The number of esters is 1. The van der Waals surface area contributed by atoms with Crippen LogP contribution >= 0.6 is 0 Å². The third-order valence-corrected chi connectivity index (χ3v) is 7.28. The third-order valence-electron chi connectivity index (χ3n) is 7.28. The molecule has 56 heavy (non-hydrogen) atoms. The SMILES string of the molecule is CC(C)(C)OC(=O)C[C@H](NC(=O)CNC(=O)c1cccc(N=C2N(C(=O)O)CCCN2C(=O)O)c1)C(=O)Nc1ccc(OCCCNC(=O)OC(C)(C)C)cc1. The van der Waals surface area contributed by atoms with E-state index in [2.05, 4.69) is 26.3 Å². The Morgan fingerprint density at radius 1 is 0.839 bits per heavy atom. The Morgan fingerprint density at radius 2 is 1.46 bits per heavy atom. The van der Waals surface area contributed by atoms with Crippen LogP contribution in [-0.4, -0.2) is 118 Å². The zero-order valence-corrected chi connectivity index (χ0v) is 32.2. The van der Waals surface area contributed by atoms with Crippen molar-refractivity contribution in [3.05, 3.63) is 54.1 Å². The van der Waals surface area contributed by atoms with Gasteiger partial charge in [-0.25, -0.2) is 29.2 Å². The topological polar surface area (TPSA) is 255 Å². The lowest BCUT2D eigenvalue weighted by Crippen LogP contribution is -2.53. The van der Waals surface area contributed by atoms with Crippen molar-refractivity contribution in [2.45, 2.75) is 78.0 Å². The highest BCUT2D eigenvalue weighted by atomic mass is 16.6. The summed E-state index contributed by atoms with van der Waals surface area (Å²) >= 11 is 0. The molecule has 19 heteroatoms. The summed E-state index contributed by atoms with van der Waals surface area (Å²) in [6.07, 6.45) is -3.06. The Kier molecular flexibility index (Phi) is 15.5. The van der Waals surface area contributed by atoms with Gasteiger partial charge in [-0.15, -0.1) is 0 Å². The number of hydrogen-bond acceptors (Lipinski definition) is 11. The van der Waals surface area contributed by atoms with Crippen LogP contribution in [0.3, 0.4) is 0 Å². The quantitative estimate of drug-likeness (QED) is 0.118. The number of aliphatic imine (C=N–C) groups is 1. The summed E-state index contributed by atoms with van der Waals surface area (Å²) in [5, 5.41) is 29.3. The van der Waals surface area contributed by atoms with E-state index in [0.717, 1.165) is 9.80 Å². The summed E-state index contributed by atoms with van der Waals surface area (Å²) in [6, 6.07) is 10.5. The minimum absolute atomic E-state index is 0.0205. The fourth-order valence-corrected chi connectivity index (χ4v) is 4.95. The van der Waals surface area contributed by atoms with Gasteiger partial charge in [0.25, 0.3) is 5.91 Å². The van der Waals surface area contributed by atoms with Crippen molar-refractivity contribution in [2.24, 2.45) is 4.99 Å². The first-order valence-electron chi connectivity index (χ1n) is 17.7. The molecule has 0 radical (unpaired) electrons. The molecular formula is C37H49N7O12. The molecule has 304 valence electrons. The second kappa shape index (κ2) is 19.8. The third kappa shape index (κ3) is 15.2. The molecule has 3 rings (SSSR count). The van der Waals surface area contributed by atoms with Gasteiger partial charge in [-0.05, 0) is 96.8 Å². The Balaban J connectivity index is 1.61. The van der Waals surface area contributed by atoms with Crippen LogP contribution in [0, 0.1) is 0 Å². The molecule has 6 amide bonds. The molecule has 1 heterocycles. The lowest BCUT2D eigenvalue weighted by molar-refractivity contribution is -0.156. The summed E-state index contributed by atoms with van der Waals surface area (Å²) in [5.74, 6) is -2.88. The van der Waals surface area contributed by atoms with E-state index in [0.29, 0.717) is 31.0 Å². The predicted molar refractivity (Wildman–Crippen MR) is 202 cm³/mol. The molecule has 0 unspecified atom stereocenters. The molecule has 19 nitrogen and oxygen atoms in total. The molecule has 1 aliphatic heterocycles. The summed E-state index contributed by atoms with van der Waals surface area (Å²) in [5.41, 5.74) is -1.04. The lowest BCUT2D eigenvalue weighted by atomic mass is 10.1. The van der Waals surface area contributed by atoms with Gasteiger partial charge in [0.1, 0.15) is 23.0 Å². The minimum Gasteiger partial charge on any atom is -0.494 e. The van der Waals surface area contributed by atoms with E-state index in [9.17, 15) is 43.8 Å². The number of ether oxygens (including phenoxy) is 3. The molecule has 1 fully saturated rings. The van der Waals surface area contributed by atoms with Crippen molar-refractivity contribution in [1.29, 1.82) is 0 Å². The Hall–Kier alpha value is -6.40. The van der Waals surface area contributed by atoms with E-state index >= 15 is 0 Å². The molecule has 2 aromatic carbocycles. The highest BCUT2D eigenvalue weighted by Gasteiger charge is 2.32. The van der Waals surface area contributed by atoms with Crippen molar-refractivity contribution < 1.29 is 58.0 Å². The average Bonchev–Trinajstić information content (AvgIpc) is 3.09. The van der Waals surface area contributed by atoms with Crippen LogP contribution in [0.2, 0.25) is 0 Å². The van der Waals surface area contributed by atoms with Gasteiger partial charge in [-0.1, -0.05) is 6.07 Å². The number of nitrogens with one attached hydrogen (secondary N) is 4. The van der Waals surface area contributed by atoms with E-state index in [1.54, 1.807) is 65.8 Å². The maximum atomic E-state index is 13.3. The maximum absolute atomic E-state index is 13.3. The Labute approximate surface area is 323 Å². The Morgan fingerprint density at radius 3 is 2.05 bits per heavy atom. The molecule has 0 aliphatic carbocycles. The number of nitrogens with zero attached hydrogens (tertiary/aromatic N) is 3. The van der Waals surface area contributed by atoms with E-state index < -0.39 is 72.2 Å². The predicted octanol–water partition coefficient (Wildman–Crippen LogP) is 3.92. The highest BCUT2D eigenvalue weighted by Crippen LogP contribution is 2.20. The van der Waals surface area contributed by atoms with Crippen LogP contribution in [0.1, 0.15) is 71.2 Å². The van der Waals surface area contributed by atoms with Crippen molar-refractivity contribution >= 4 is 59.3 Å². The van der Waals surface area contributed by atoms with Gasteiger partial charge >= 0.3 is 24.2 Å². The highest BCUT2D eigenvalue weighted by molar-refractivity contribution is 6.03. The van der Waals surface area contributed by atoms with Crippen molar-refractivity contribution in [1.82, 2.24) is 25.8 Å². The number of guanidine groups is 1. The van der Waals surface area contributed by atoms with Gasteiger partial charge in [-0.3, -0.25) is 19.2 Å². The molecular weight excluding hydrogens is 734 g/mol. The normalized spacial score (nSPS) is 13.4. The Bertz CT molecular complexity index is 1760. The summed E-state index contributed by atoms with van der Waals surface area (Å²) in [7, 11) is 0. The zero-order chi connectivity index (χ0) is 41.6. The number of carbonyl (C=O) groups is 7. The number of alkyl carbamates (subject to hydrolysis) is 1. The number of rotatable bonds is 14. The second-order valence-electron chi connectivity index (χ2n) is 14.4. The molecule has 1 aliphatic rings. The van der Waals surface area contributed by atoms with E-state index in [4.69, 9.17) is 14.2 Å². The summed E-state index contributed by atoms with van der Waals surface area (Å²) < 4.78 is 16.2. The molecule has 1 saturated heterocycles. The average molecular weight is 784 g/mol. The summed E-state index contributed by atoms with van der Waals surface area (Å²) in [6.45, 7) is 10.3. The van der Waals surface area contributed by atoms with Gasteiger partial charge in [0.2, 0.25) is 17.8 Å². The van der Waals surface area contributed by atoms with Gasteiger partial charge in [0.15, 0.2) is 0 Å². The number of hydrogen-bond donors (Lipinski definition) is 6. The first kappa shape index (κ1) is 44.0. The van der Waals surface area contributed by atoms with Gasteiger partial charge in [-0.2, -0.15) is 0 Å². The molecule has 1 atom stereocenters. The van der Waals surface area contributed by atoms with Gasteiger partial charge in [0, 0.05) is 30.9 Å². The van der Waals surface area contributed by atoms with E-state index in [1.165, 1.54) is 24.3 Å². The molecule has 0 saturated carbocycles. The number of carbonyl (C=O) groups excluding carboxylic acids is 5.